The number of benzene rings is 1. The minimum absolute atomic E-state index is 1.10. The van der Waals surface area contributed by atoms with Crippen molar-refractivity contribution in [2.45, 2.75) is 0 Å². The normalized spacial score (nSPS) is 7.77. The average molecular weight is 180 g/mol. The molecule has 0 atom stereocenters. The van der Waals surface area contributed by atoms with Crippen LogP contribution in [0.15, 0.2) is 36.9 Å². The van der Waals surface area contributed by atoms with E-state index in [2.05, 4.69) is 11.3 Å². The molecule has 0 aliphatic heterocycles. The Morgan fingerprint density at radius 2 is 1.92 bits per heavy atom. The lowest BCUT2D eigenvalue weighted by molar-refractivity contribution is 0.114. The molecule has 0 aliphatic rings. The Morgan fingerprint density at radius 3 is 2.15 bits per heavy atom. The zero-order chi connectivity index (χ0) is 10.1. The van der Waals surface area contributed by atoms with E-state index in [-0.39, 0.29) is 0 Å². The third kappa shape index (κ3) is 6.62. The summed E-state index contributed by atoms with van der Waals surface area (Å²) in [5.41, 5.74) is 1.17. The van der Waals surface area contributed by atoms with Crippen molar-refractivity contribution in [2.75, 3.05) is 7.11 Å². The van der Waals surface area contributed by atoms with E-state index in [4.69, 9.17) is 9.90 Å². The number of carbonyl (C=O) groups is 1. The van der Waals surface area contributed by atoms with Gasteiger partial charge in [0.2, 0.25) is 0 Å². The topological polar surface area (TPSA) is 46.5 Å². The molecule has 0 saturated heterocycles. The quantitative estimate of drug-likeness (QED) is 0.676. The zero-order valence-electron chi connectivity index (χ0n) is 7.43. The van der Waals surface area contributed by atoms with Crippen molar-refractivity contribution in [3.8, 4) is 0 Å². The lowest BCUT2D eigenvalue weighted by Crippen LogP contribution is -1.91. The second kappa shape index (κ2) is 6.91. The number of ether oxygens (including phenoxy) is 1. The fourth-order valence-electron chi connectivity index (χ4n) is 0.589. The minimum atomic E-state index is -1.25. The summed E-state index contributed by atoms with van der Waals surface area (Å²) in [6, 6.07) is 10.0. The number of rotatable bonds is 1. The first-order chi connectivity index (χ1) is 6.20. The lowest BCUT2D eigenvalue weighted by atomic mass is 10.2. The molecule has 13 heavy (non-hydrogen) atoms. The molecular weight excluding hydrogens is 168 g/mol. The molecule has 0 fully saturated rings. The van der Waals surface area contributed by atoms with Crippen LogP contribution < -0.4 is 0 Å². The van der Waals surface area contributed by atoms with E-state index in [0.717, 1.165) is 7.11 Å². The summed E-state index contributed by atoms with van der Waals surface area (Å²) in [6.07, 6.45) is 0.588. The molecule has 0 aromatic heterocycles. The van der Waals surface area contributed by atoms with Gasteiger partial charge in [-0.25, -0.2) is 4.79 Å². The van der Waals surface area contributed by atoms with Gasteiger partial charge in [0.25, 0.3) is 0 Å². The maximum Gasteiger partial charge on any atom is 0.505 e. The molecule has 0 unspecified atom stereocenters. The Kier molecular flexibility index (Phi) is 5.97. The molecule has 70 valence electrons. The molecule has 3 nitrogen and oxygen atoms in total. The summed E-state index contributed by atoms with van der Waals surface area (Å²) in [7, 11) is 1.10. The molecule has 0 radical (unpaired) electrons. The number of hydrogen-bond acceptors (Lipinski definition) is 2. The highest BCUT2D eigenvalue weighted by Gasteiger charge is 1.80. The summed E-state index contributed by atoms with van der Waals surface area (Å²) in [5, 5.41) is 7.50. The molecule has 0 bridgehead atoms. The third-order valence-corrected chi connectivity index (χ3v) is 1.21. The van der Waals surface area contributed by atoms with E-state index in [1.807, 2.05) is 36.4 Å². The molecule has 1 N–H and O–H groups in total. The van der Waals surface area contributed by atoms with Crippen LogP contribution in [0.3, 0.4) is 0 Å². The molecular formula is C10H12O3. The molecule has 0 heterocycles. The zero-order valence-corrected chi connectivity index (χ0v) is 7.43. The van der Waals surface area contributed by atoms with Crippen molar-refractivity contribution >= 4 is 12.2 Å². The highest BCUT2D eigenvalue weighted by molar-refractivity contribution is 5.56. The summed E-state index contributed by atoms with van der Waals surface area (Å²) in [4.78, 5) is 9.15. The molecule has 1 aromatic carbocycles. The number of hydrogen-bond donors (Lipinski definition) is 1. The van der Waals surface area contributed by atoms with E-state index in [1.165, 1.54) is 5.56 Å². The first kappa shape index (κ1) is 11.2. The monoisotopic (exact) mass is 180 g/mol. The van der Waals surface area contributed by atoms with Gasteiger partial charge in [0.1, 0.15) is 0 Å². The maximum atomic E-state index is 9.15. The minimum Gasteiger partial charge on any atom is -0.450 e. The first-order valence-electron chi connectivity index (χ1n) is 3.65. The fraction of sp³-hybridized carbons (Fsp3) is 0.100. The Balaban J connectivity index is 0.000000252. The first-order valence-corrected chi connectivity index (χ1v) is 3.65. The average Bonchev–Trinajstić information content (AvgIpc) is 2.20. The Bertz CT molecular complexity index is 254. The van der Waals surface area contributed by atoms with Crippen LogP contribution in [0, 0.1) is 0 Å². The van der Waals surface area contributed by atoms with Crippen LogP contribution in [-0.2, 0) is 4.74 Å². The van der Waals surface area contributed by atoms with E-state index in [0.29, 0.717) is 0 Å². The molecule has 0 amide bonds. The molecule has 1 rings (SSSR count). The molecule has 0 aliphatic carbocycles. The second-order valence-electron chi connectivity index (χ2n) is 2.08. The SMILES string of the molecule is C=Cc1ccccc1.COC(=O)O. The molecule has 3 heteroatoms. The van der Waals surface area contributed by atoms with Gasteiger partial charge >= 0.3 is 6.16 Å². The van der Waals surface area contributed by atoms with Gasteiger partial charge in [-0.2, -0.15) is 0 Å². The van der Waals surface area contributed by atoms with Crippen molar-refractivity contribution in [3.63, 3.8) is 0 Å². The molecule has 0 spiro atoms. The van der Waals surface area contributed by atoms with Gasteiger partial charge in [0.05, 0.1) is 7.11 Å². The van der Waals surface area contributed by atoms with Crippen molar-refractivity contribution in [2.24, 2.45) is 0 Å². The van der Waals surface area contributed by atoms with Gasteiger partial charge in [-0.3, -0.25) is 0 Å². The van der Waals surface area contributed by atoms with Crippen molar-refractivity contribution in [3.05, 3.63) is 42.5 Å². The highest BCUT2D eigenvalue weighted by Crippen LogP contribution is 1.97. The van der Waals surface area contributed by atoms with Gasteiger partial charge in [0, 0.05) is 0 Å². The van der Waals surface area contributed by atoms with Gasteiger partial charge in [0.15, 0.2) is 0 Å². The van der Waals surface area contributed by atoms with E-state index >= 15 is 0 Å². The number of methoxy groups -OCH3 is 1. The predicted octanol–water partition coefficient (Wildman–Crippen LogP) is 2.64. The second-order valence-corrected chi connectivity index (χ2v) is 2.08. The van der Waals surface area contributed by atoms with Crippen molar-refractivity contribution < 1.29 is 14.6 Å². The van der Waals surface area contributed by atoms with Gasteiger partial charge in [-0.15, -0.1) is 0 Å². The standard InChI is InChI=1S/C8H8.C2H4O3/c1-2-8-6-4-3-5-7-8;1-5-2(3)4/h2-7H,1H2;1H3,(H,3,4). The predicted molar refractivity (Wildman–Crippen MR) is 51.6 cm³/mol. The van der Waals surface area contributed by atoms with Crippen LogP contribution >= 0.6 is 0 Å². The maximum absolute atomic E-state index is 9.15. The van der Waals surface area contributed by atoms with Gasteiger partial charge in [-0.05, 0) is 5.56 Å². The van der Waals surface area contributed by atoms with Gasteiger partial charge in [-0.1, -0.05) is 43.0 Å². The van der Waals surface area contributed by atoms with E-state index in [1.54, 1.807) is 0 Å². The van der Waals surface area contributed by atoms with E-state index < -0.39 is 6.16 Å². The third-order valence-electron chi connectivity index (χ3n) is 1.21. The van der Waals surface area contributed by atoms with Crippen LogP contribution in [0.25, 0.3) is 6.08 Å². The van der Waals surface area contributed by atoms with Crippen molar-refractivity contribution in [1.29, 1.82) is 0 Å². The molecule has 1 aromatic rings. The Hall–Kier alpha value is -1.77. The Morgan fingerprint density at radius 1 is 1.46 bits per heavy atom. The van der Waals surface area contributed by atoms with Crippen LogP contribution in [-0.4, -0.2) is 18.4 Å². The van der Waals surface area contributed by atoms with Crippen LogP contribution in [0.5, 0.6) is 0 Å². The van der Waals surface area contributed by atoms with Crippen LogP contribution in [0.1, 0.15) is 5.56 Å². The van der Waals surface area contributed by atoms with Crippen LogP contribution in [0.4, 0.5) is 4.79 Å². The summed E-state index contributed by atoms with van der Waals surface area (Å²) in [5.74, 6) is 0. The van der Waals surface area contributed by atoms with Crippen LogP contribution in [0.2, 0.25) is 0 Å². The smallest absolute Gasteiger partial charge is 0.450 e. The van der Waals surface area contributed by atoms with Gasteiger partial charge < -0.3 is 9.84 Å². The van der Waals surface area contributed by atoms with E-state index in [9.17, 15) is 0 Å². The summed E-state index contributed by atoms with van der Waals surface area (Å²) < 4.78 is 3.67. The highest BCUT2D eigenvalue weighted by atomic mass is 16.6. The Labute approximate surface area is 77.3 Å². The largest absolute Gasteiger partial charge is 0.505 e. The van der Waals surface area contributed by atoms with Crippen molar-refractivity contribution in [1.82, 2.24) is 0 Å². The fourth-order valence-corrected chi connectivity index (χ4v) is 0.589. The lowest BCUT2D eigenvalue weighted by Gasteiger charge is -1.85. The molecule has 0 saturated carbocycles. The number of carboxylic acid groups (broad SMARTS) is 1. The summed E-state index contributed by atoms with van der Waals surface area (Å²) in [6.45, 7) is 3.63. The summed E-state index contributed by atoms with van der Waals surface area (Å²) >= 11 is 0.